The maximum atomic E-state index is 14.3. The number of rotatable bonds is 9. The number of benzene rings is 3. The van der Waals surface area contributed by atoms with E-state index in [1.165, 1.54) is 34.5 Å². The minimum atomic E-state index is -3.94. The second-order valence-electron chi connectivity index (χ2n) is 12.0. The van der Waals surface area contributed by atoms with E-state index in [9.17, 15) is 26.7 Å². The summed E-state index contributed by atoms with van der Waals surface area (Å²) in [6.07, 6.45) is 1.32. The molecule has 0 bridgehead atoms. The van der Waals surface area contributed by atoms with E-state index in [-0.39, 0.29) is 52.8 Å². The molecule has 1 heterocycles. The van der Waals surface area contributed by atoms with Gasteiger partial charge in [0.25, 0.3) is 15.9 Å². The molecule has 0 saturated heterocycles. The highest BCUT2D eigenvalue weighted by Crippen LogP contribution is 2.30. The highest BCUT2D eigenvalue weighted by atomic mass is 32.2. The van der Waals surface area contributed by atoms with Crippen molar-refractivity contribution in [3.8, 4) is 5.75 Å². The minimum Gasteiger partial charge on any atom is -0.490 e. The van der Waals surface area contributed by atoms with E-state index in [1.807, 2.05) is 13.8 Å². The van der Waals surface area contributed by atoms with Gasteiger partial charge in [0.1, 0.15) is 5.75 Å². The van der Waals surface area contributed by atoms with Crippen molar-refractivity contribution in [1.29, 1.82) is 0 Å². The third kappa shape index (κ3) is 9.32. The van der Waals surface area contributed by atoms with Crippen LogP contribution in [0.15, 0.2) is 88.7 Å². The second kappa shape index (κ2) is 16.1. The Hall–Kier alpha value is -3.49. The summed E-state index contributed by atoms with van der Waals surface area (Å²) in [7, 11) is -6.22. The van der Waals surface area contributed by atoms with Gasteiger partial charge in [-0.3, -0.25) is 9.52 Å². The summed E-state index contributed by atoms with van der Waals surface area (Å²) in [5, 5.41) is 10.2. The molecular formula is C34H45N3O8S2. The van der Waals surface area contributed by atoms with Crippen molar-refractivity contribution in [3.63, 3.8) is 0 Å². The maximum absolute atomic E-state index is 14.3. The van der Waals surface area contributed by atoms with Crippen molar-refractivity contribution in [2.45, 2.75) is 68.1 Å². The average Bonchev–Trinajstić information content (AvgIpc) is 3.06. The summed E-state index contributed by atoms with van der Waals surface area (Å²) in [5.41, 5.74) is 0.313. The van der Waals surface area contributed by atoms with Gasteiger partial charge in [0, 0.05) is 38.3 Å². The topological polar surface area (TPSA) is 143 Å². The zero-order valence-corrected chi connectivity index (χ0v) is 28.9. The Labute approximate surface area is 278 Å². The van der Waals surface area contributed by atoms with Gasteiger partial charge in [-0.1, -0.05) is 43.3 Å². The van der Waals surface area contributed by atoms with Crippen LogP contribution < -0.4 is 9.46 Å². The summed E-state index contributed by atoms with van der Waals surface area (Å²) in [5.74, 6) is -0.527. The molecule has 1 aliphatic heterocycles. The number of sulfonamides is 2. The van der Waals surface area contributed by atoms with Crippen molar-refractivity contribution >= 4 is 31.6 Å². The molecule has 3 aromatic rings. The van der Waals surface area contributed by atoms with Crippen LogP contribution in [-0.4, -0.2) is 88.7 Å². The van der Waals surface area contributed by atoms with Gasteiger partial charge < -0.3 is 19.5 Å². The van der Waals surface area contributed by atoms with Crippen LogP contribution >= 0.6 is 0 Å². The lowest BCUT2D eigenvalue weighted by Gasteiger charge is -2.35. The van der Waals surface area contributed by atoms with Gasteiger partial charge in [0.2, 0.25) is 10.0 Å². The number of aliphatic hydroxyl groups is 1. The first-order chi connectivity index (χ1) is 22.3. The molecule has 47 heavy (non-hydrogen) atoms. The molecule has 3 aromatic carbocycles. The Morgan fingerprint density at radius 2 is 1.60 bits per heavy atom. The fourth-order valence-corrected chi connectivity index (χ4v) is 7.66. The van der Waals surface area contributed by atoms with E-state index in [0.717, 1.165) is 12.8 Å². The summed E-state index contributed by atoms with van der Waals surface area (Å²) < 4.78 is 69.2. The third-order valence-corrected chi connectivity index (χ3v) is 11.5. The zero-order valence-electron chi connectivity index (χ0n) is 27.3. The van der Waals surface area contributed by atoms with Crippen LogP contribution in [0.25, 0.3) is 0 Å². The summed E-state index contributed by atoms with van der Waals surface area (Å²) >= 11 is 0. The summed E-state index contributed by atoms with van der Waals surface area (Å²) in [6.45, 7) is 5.73. The first-order valence-corrected chi connectivity index (χ1v) is 18.7. The Morgan fingerprint density at radius 3 is 2.23 bits per heavy atom. The Kier molecular flexibility index (Phi) is 12.4. The standard InChI is InChI=1S/C34H45N3O8S2/c1-25-22-37(26(2)24-38)34(39)31-21-28(35-46(40,41)29-14-7-5-8-15-29)18-19-32(31)45-27(3)13-11-12-20-44-33(25)23-36(4)47(42,43)30-16-9-6-10-17-30/h5-10,14-19,21,25-27,33,35,38H,11-13,20,22-24H2,1-4H3/t25-,26+,27+,33+/m0/s1. The van der Waals surface area contributed by atoms with Crippen LogP contribution in [0.5, 0.6) is 5.75 Å². The molecule has 11 nitrogen and oxygen atoms in total. The van der Waals surface area contributed by atoms with Crippen LogP contribution in [0.1, 0.15) is 50.4 Å². The molecule has 0 fully saturated rings. The van der Waals surface area contributed by atoms with Gasteiger partial charge in [-0.2, -0.15) is 4.31 Å². The van der Waals surface area contributed by atoms with Crippen LogP contribution in [-0.2, 0) is 24.8 Å². The lowest BCUT2D eigenvalue weighted by molar-refractivity contribution is -0.00833. The van der Waals surface area contributed by atoms with E-state index >= 15 is 0 Å². The monoisotopic (exact) mass is 687 g/mol. The quantitative estimate of drug-likeness (QED) is 0.333. The van der Waals surface area contributed by atoms with Crippen molar-refractivity contribution in [3.05, 3.63) is 84.4 Å². The summed E-state index contributed by atoms with van der Waals surface area (Å²) in [6, 6.07) is 20.1. The Morgan fingerprint density at radius 1 is 0.957 bits per heavy atom. The third-order valence-electron chi connectivity index (χ3n) is 8.25. The second-order valence-corrected chi connectivity index (χ2v) is 15.8. The zero-order chi connectivity index (χ0) is 34.2. The van der Waals surface area contributed by atoms with Gasteiger partial charge >= 0.3 is 0 Å². The number of nitrogens with one attached hydrogen (secondary N) is 1. The number of anilines is 1. The van der Waals surface area contributed by atoms with Gasteiger partial charge in [0.05, 0.1) is 40.2 Å². The van der Waals surface area contributed by atoms with E-state index in [1.54, 1.807) is 67.6 Å². The van der Waals surface area contributed by atoms with Crippen molar-refractivity contribution in [1.82, 2.24) is 9.21 Å². The molecule has 1 amide bonds. The van der Waals surface area contributed by atoms with Crippen molar-refractivity contribution in [2.75, 3.05) is 38.1 Å². The van der Waals surface area contributed by atoms with E-state index in [2.05, 4.69) is 4.72 Å². The molecule has 13 heteroatoms. The molecular weight excluding hydrogens is 643 g/mol. The number of nitrogens with zero attached hydrogens (tertiary/aromatic N) is 2. The van der Waals surface area contributed by atoms with Crippen LogP contribution in [0.3, 0.4) is 0 Å². The molecule has 4 rings (SSSR count). The first kappa shape index (κ1) is 36.3. The number of fused-ring (bicyclic) bond motifs is 1. The number of carbonyl (C=O) groups excluding carboxylic acids is 1. The van der Waals surface area contributed by atoms with Crippen molar-refractivity contribution < 1.29 is 36.2 Å². The SMILES string of the molecule is C[C@@H]1CCCCO[C@H](CN(C)S(=O)(=O)c2ccccc2)[C@@H](C)CN([C@H](C)CO)C(=O)c2cc(NS(=O)(=O)c3ccccc3)ccc2O1. The predicted octanol–water partition coefficient (Wildman–Crippen LogP) is 4.60. The number of hydrogen-bond acceptors (Lipinski definition) is 8. The number of likely N-dealkylation sites (N-methyl/N-ethyl adjacent to an activating group) is 1. The van der Waals surface area contributed by atoms with E-state index < -0.39 is 38.1 Å². The smallest absolute Gasteiger partial charge is 0.261 e. The first-order valence-electron chi connectivity index (χ1n) is 15.8. The van der Waals surface area contributed by atoms with E-state index in [0.29, 0.717) is 18.8 Å². The van der Waals surface area contributed by atoms with Crippen molar-refractivity contribution in [2.24, 2.45) is 5.92 Å². The lowest BCUT2D eigenvalue weighted by Crippen LogP contribution is -2.48. The molecule has 0 spiro atoms. The van der Waals surface area contributed by atoms with Crippen LogP contribution in [0.4, 0.5) is 5.69 Å². The number of carbonyl (C=O) groups is 1. The van der Waals surface area contributed by atoms with Gasteiger partial charge in [0.15, 0.2) is 0 Å². The number of amides is 1. The Balaban J connectivity index is 1.68. The molecule has 256 valence electrons. The number of aliphatic hydroxyl groups excluding tert-OH is 1. The predicted molar refractivity (Wildman–Crippen MR) is 180 cm³/mol. The number of hydrogen-bond donors (Lipinski definition) is 2. The fourth-order valence-electron chi connectivity index (χ4n) is 5.39. The lowest BCUT2D eigenvalue weighted by atomic mass is 10.0. The molecule has 0 aliphatic carbocycles. The normalized spacial score (nSPS) is 20.9. The minimum absolute atomic E-state index is 0.0510. The summed E-state index contributed by atoms with van der Waals surface area (Å²) in [4.78, 5) is 16.1. The van der Waals surface area contributed by atoms with Crippen LogP contribution in [0.2, 0.25) is 0 Å². The molecule has 2 N–H and O–H groups in total. The maximum Gasteiger partial charge on any atom is 0.261 e. The molecule has 4 atom stereocenters. The average molecular weight is 688 g/mol. The molecule has 1 aliphatic rings. The molecule has 0 saturated carbocycles. The molecule has 0 aromatic heterocycles. The highest BCUT2D eigenvalue weighted by molar-refractivity contribution is 7.92. The highest BCUT2D eigenvalue weighted by Gasteiger charge is 2.32. The van der Waals surface area contributed by atoms with Gasteiger partial charge in [-0.25, -0.2) is 16.8 Å². The molecule has 0 unspecified atom stereocenters. The number of ether oxygens (including phenoxy) is 2. The molecule has 0 radical (unpaired) electrons. The van der Waals surface area contributed by atoms with E-state index in [4.69, 9.17) is 9.47 Å². The van der Waals surface area contributed by atoms with Gasteiger partial charge in [-0.05, 0) is 75.6 Å². The van der Waals surface area contributed by atoms with Crippen LogP contribution in [0, 0.1) is 5.92 Å². The van der Waals surface area contributed by atoms with Gasteiger partial charge in [-0.15, -0.1) is 0 Å². The Bertz CT molecular complexity index is 1690. The fraction of sp³-hybridized carbons (Fsp3) is 0.441. The largest absolute Gasteiger partial charge is 0.490 e.